The summed E-state index contributed by atoms with van der Waals surface area (Å²) in [5.74, 6) is 1.02. The molecule has 0 saturated carbocycles. The maximum atomic E-state index is 4.81. The summed E-state index contributed by atoms with van der Waals surface area (Å²) in [7, 11) is 0. The zero-order valence-electron chi connectivity index (χ0n) is 16.4. The molecule has 2 aromatic carbocycles. The van der Waals surface area contributed by atoms with Crippen LogP contribution in [-0.4, -0.2) is 26.9 Å². The van der Waals surface area contributed by atoms with Gasteiger partial charge in [0.25, 0.3) is 0 Å². The number of aryl methyl sites for hydroxylation is 1. The van der Waals surface area contributed by atoms with Gasteiger partial charge in [-0.15, -0.1) is 5.10 Å². The van der Waals surface area contributed by atoms with Crippen LogP contribution in [0.2, 0.25) is 0 Å². The van der Waals surface area contributed by atoms with E-state index in [1.165, 1.54) is 22.4 Å². The Morgan fingerprint density at radius 2 is 1.55 bits per heavy atom. The van der Waals surface area contributed by atoms with E-state index in [2.05, 4.69) is 86.9 Å². The number of nitrogens with one attached hydrogen (secondary N) is 1. The number of anilines is 1. The predicted molar refractivity (Wildman–Crippen MR) is 114 cm³/mol. The summed E-state index contributed by atoms with van der Waals surface area (Å²) in [4.78, 5) is 2.29. The van der Waals surface area contributed by atoms with Crippen LogP contribution in [-0.2, 0) is 13.0 Å². The Balaban J connectivity index is 1.56. The molecule has 144 valence electrons. The second-order valence-corrected chi connectivity index (χ2v) is 7.52. The highest BCUT2D eigenvalue weighted by atomic mass is 15.3. The SMILES string of the molecule is Cc1ccc(N2CCc3[nH]nc(C(c4ccccc4)c4ccccc4)c3C2)nn1. The Labute approximate surface area is 170 Å². The molecule has 1 aliphatic rings. The molecule has 5 rings (SSSR count). The Morgan fingerprint density at radius 1 is 0.862 bits per heavy atom. The predicted octanol–water partition coefficient (Wildman–Crippen LogP) is 4.25. The molecule has 29 heavy (non-hydrogen) atoms. The molecule has 0 fully saturated rings. The van der Waals surface area contributed by atoms with E-state index in [-0.39, 0.29) is 5.92 Å². The normalized spacial score (nSPS) is 13.5. The van der Waals surface area contributed by atoms with Gasteiger partial charge in [0.1, 0.15) is 0 Å². The molecule has 3 heterocycles. The van der Waals surface area contributed by atoms with Crippen molar-refractivity contribution in [3.63, 3.8) is 0 Å². The van der Waals surface area contributed by atoms with Crippen LogP contribution in [0.25, 0.3) is 0 Å². The fourth-order valence-electron chi connectivity index (χ4n) is 4.11. The summed E-state index contributed by atoms with van der Waals surface area (Å²) in [6.45, 7) is 3.66. The monoisotopic (exact) mass is 381 g/mol. The largest absolute Gasteiger partial charge is 0.350 e. The maximum absolute atomic E-state index is 4.81. The molecule has 0 radical (unpaired) electrons. The molecule has 4 aromatic rings. The first-order valence-corrected chi connectivity index (χ1v) is 10.0. The van der Waals surface area contributed by atoms with E-state index < -0.39 is 0 Å². The molecular formula is C24H23N5. The third kappa shape index (κ3) is 3.40. The van der Waals surface area contributed by atoms with Gasteiger partial charge in [0, 0.05) is 30.8 Å². The third-order valence-corrected chi connectivity index (χ3v) is 5.61. The molecule has 0 saturated heterocycles. The summed E-state index contributed by atoms with van der Waals surface area (Å²) in [5.41, 5.74) is 7.04. The van der Waals surface area contributed by atoms with Crippen molar-refractivity contribution < 1.29 is 0 Å². The smallest absolute Gasteiger partial charge is 0.151 e. The number of hydrogen-bond donors (Lipinski definition) is 1. The van der Waals surface area contributed by atoms with E-state index in [0.29, 0.717) is 0 Å². The van der Waals surface area contributed by atoms with Gasteiger partial charge in [-0.05, 0) is 30.2 Å². The Hall–Kier alpha value is -3.47. The van der Waals surface area contributed by atoms with Crippen molar-refractivity contribution >= 4 is 5.82 Å². The van der Waals surface area contributed by atoms with E-state index in [9.17, 15) is 0 Å². The van der Waals surface area contributed by atoms with Gasteiger partial charge in [0.15, 0.2) is 5.82 Å². The van der Waals surface area contributed by atoms with Gasteiger partial charge < -0.3 is 4.90 Å². The van der Waals surface area contributed by atoms with Crippen LogP contribution >= 0.6 is 0 Å². The molecule has 1 aliphatic heterocycles. The number of rotatable bonds is 4. The highest BCUT2D eigenvalue weighted by Crippen LogP contribution is 2.35. The second-order valence-electron chi connectivity index (χ2n) is 7.52. The van der Waals surface area contributed by atoms with E-state index in [4.69, 9.17) is 5.10 Å². The van der Waals surface area contributed by atoms with E-state index >= 15 is 0 Å². The first kappa shape index (κ1) is 17.6. The van der Waals surface area contributed by atoms with Crippen LogP contribution in [0.1, 0.15) is 39.7 Å². The minimum absolute atomic E-state index is 0.0986. The highest BCUT2D eigenvalue weighted by Gasteiger charge is 2.28. The Bertz CT molecular complexity index is 1050. The molecule has 0 spiro atoms. The summed E-state index contributed by atoms with van der Waals surface area (Å²) in [5, 5.41) is 16.8. The number of hydrogen-bond acceptors (Lipinski definition) is 4. The first-order chi connectivity index (χ1) is 14.3. The third-order valence-electron chi connectivity index (χ3n) is 5.61. The van der Waals surface area contributed by atoms with Crippen molar-refractivity contribution in [2.45, 2.75) is 25.8 Å². The molecule has 2 aromatic heterocycles. The molecule has 0 unspecified atom stereocenters. The van der Waals surface area contributed by atoms with Crippen LogP contribution in [0, 0.1) is 6.92 Å². The zero-order chi connectivity index (χ0) is 19.6. The maximum Gasteiger partial charge on any atom is 0.151 e. The van der Waals surface area contributed by atoms with Crippen molar-refractivity contribution in [1.82, 2.24) is 20.4 Å². The second kappa shape index (κ2) is 7.51. The molecule has 0 aliphatic carbocycles. The number of nitrogens with zero attached hydrogens (tertiary/aromatic N) is 4. The van der Waals surface area contributed by atoms with Gasteiger partial charge in [-0.1, -0.05) is 60.7 Å². The van der Waals surface area contributed by atoms with E-state index in [0.717, 1.165) is 36.7 Å². The number of fused-ring (bicyclic) bond motifs is 1. The van der Waals surface area contributed by atoms with Crippen LogP contribution < -0.4 is 4.90 Å². The standard InChI is InChI=1S/C24H23N5/c1-17-12-13-22(27-25-17)29-15-14-21-20(16-29)24(28-26-21)23(18-8-4-2-5-9-18)19-10-6-3-7-11-19/h2-13,23H,14-16H2,1H3,(H,26,28). The fourth-order valence-corrected chi connectivity index (χ4v) is 4.11. The van der Waals surface area contributed by atoms with E-state index in [1.54, 1.807) is 0 Å². The summed E-state index contributed by atoms with van der Waals surface area (Å²) in [6, 6.07) is 25.3. The van der Waals surface area contributed by atoms with Crippen molar-refractivity contribution in [3.8, 4) is 0 Å². The Kier molecular flexibility index (Phi) is 4.56. The molecule has 0 atom stereocenters. The van der Waals surface area contributed by atoms with Gasteiger partial charge in [0.2, 0.25) is 0 Å². The fraction of sp³-hybridized carbons (Fsp3) is 0.208. The number of aromatic nitrogens is 4. The van der Waals surface area contributed by atoms with Crippen LogP contribution in [0.5, 0.6) is 0 Å². The van der Waals surface area contributed by atoms with Gasteiger partial charge in [0.05, 0.1) is 17.3 Å². The van der Waals surface area contributed by atoms with Gasteiger partial charge >= 0.3 is 0 Å². The molecule has 5 nitrogen and oxygen atoms in total. The van der Waals surface area contributed by atoms with Crippen molar-refractivity contribution in [2.75, 3.05) is 11.4 Å². The molecule has 1 N–H and O–H groups in total. The molecule has 0 bridgehead atoms. The lowest BCUT2D eigenvalue weighted by Gasteiger charge is -2.29. The highest BCUT2D eigenvalue weighted by molar-refractivity contribution is 5.48. The van der Waals surface area contributed by atoms with Crippen LogP contribution in [0.4, 0.5) is 5.82 Å². The van der Waals surface area contributed by atoms with E-state index in [1.807, 2.05) is 13.0 Å². The number of H-pyrrole nitrogens is 1. The molecular weight excluding hydrogens is 358 g/mol. The summed E-state index contributed by atoms with van der Waals surface area (Å²) >= 11 is 0. The van der Waals surface area contributed by atoms with Crippen molar-refractivity contribution in [3.05, 3.63) is 107 Å². The topological polar surface area (TPSA) is 57.7 Å². The van der Waals surface area contributed by atoms with Crippen LogP contribution in [0.3, 0.4) is 0 Å². The van der Waals surface area contributed by atoms with Gasteiger partial charge in [-0.3, -0.25) is 5.10 Å². The minimum atomic E-state index is 0.0986. The first-order valence-electron chi connectivity index (χ1n) is 10.0. The average molecular weight is 381 g/mol. The summed E-state index contributed by atoms with van der Waals surface area (Å²) < 4.78 is 0. The average Bonchev–Trinajstić information content (AvgIpc) is 3.19. The van der Waals surface area contributed by atoms with Crippen LogP contribution in [0.15, 0.2) is 72.8 Å². The van der Waals surface area contributed by atoms with Gasteiger partial charge in [-0.25, -0.2) is 0 Å². The van der Waals surface area contributed by atoms with Crippen molar-refractivity contribution in [1.29, 1.82) is 0 Å². The lowest BCUT2D eigenvalue weighted by molar-refractivity contribution is 0.697. The lowest BCUT2D eigenvalue weighted by atomic mass is 9.85. The number of aromatic amines is 1. The van der Waals surface area contributed by atoms with Crippen molar-refractivity contribution in [2.24, 2.45) is 0 Å². The molecule has 0 amide bonds. The lowest BCUT2D eigenvalue weighted by Crippen LogP contribution is -2.31. The minimum Gasteiger partial charge on any atom is -0.350 e. The number of benzene rings is 2. The quantitative estimate of drug-likeness (QED) is 0.574. The van der Waals surface area contributed by atoms with Gasteiger partial charge in [-0.2, -0.15) is 10.2 Å². The Morgan fingerprint density at radius 3 is 2.17 bits per heavy atom. The zero-order valence-corrected chi connectivity index (χ0v) is 16.4. The molecule has 5 heteroatoms. The summed E-state index contributed by atoms with van der Waals surface area (Å²) in [6.07, 6.45) is 0.925.